The molecule has 10 heteroatoms. The zero-order chi connectivity index (χ0) is 20.5. The summed E-state index contributed by atoms with van der Waals surface area (Å²) in [5, 5.41) is 0. The van der Waals surface area contributed by atoms with E-state index < -0.39 is 38.4 Å². The quantitative estimate of drug-likeness (QED) is 0.753. The molecule has 0 radical (unpaired) electrons. The Balaban J connectivity index is 2.16. The lowest BCUT2D eigenvalue weighted by Gasteiger charge is -2.26. The molecule has 1 saturated heterocycles. The van der Waals surface area contributed by atoms with E-state index in [9.17, 15) is 26.4 Å². The van der Waals surface area contributed by atoms with Crippen molar-refractivity contribution in [3.63, 3.8) is 0 Å². The Morgan fingerprint density at radius 3 is 2.33 bits per heavy atom. The maximum atomic E-state index is 12.9. The van der Waals surface area contributed by atoms with E-state index in [1.165, 1.54) is 4.90 Å². The number of alkyl halides is 3. The number of amides is 1. The van der Waals surface area contributed by atoms with Crippen LogP contribution in [0.4, 0.5) is 18.0 Å². The highest BCUT2D eigenvalue weighted by atomic mass is 32.2. The van der Waals surface area contributed by atoms with Crippen LogP contribution in [0.15, 0.2) is 29.2 Å². The number of benzene rings is 1. The third kappa shape index (κ3) is 5.58. The van der Waals surface area contributed by atoms with Gasteiger partial charge in [-0.3, -0.25) is 0 Å². The van der Waals surface area contributed by atoms with Gasteiger partial charge < -0.3 is 9.64 Å². The van der Waals surface area contributed by atoms with Crippen LogP contribution in [-0.2, 0) is 20.9 Å². The highest BCUT2D eigenvalue weighted by Gasteiger charge is 2.34. The largest absolute Gasteiger partial charge is 0.444 e. The maximum Gasteiger partial charge on any atom is 0.416 e. The zero-order valence-electron chi connectivity index (χ0n) is 15.4. The second kappa shape index (κ2) is 7.67. The Bertz CT molecular complexity index is 788. The number of ether oxygens (including phenoxy) is 1. The summed E-state index contributed by atoms with van der Waals surface area (Å²) < 4.78 is 70.5. The molecule has 1 aromatic rings. The third-order valence-corrected chi connectivity index (χ3v) is 5.80. The average molecular weight is 408 g/mol. The number of rotatable bonds is 2. The van der Waals surface area contributed by atoms with Gasteiger partial charge in [0.15, 0.2) is 0 Å². The van der Waals surface area contributed by atoms with Crippen molar-refractivity contribution in [2.75, 3.05) is 26.2 Å². The van der Waals surface area contributed by atoms with Gasteiger partial charge in [0, 0.05) is 26.2 Å². The molecule has 1 fully saturated rings. The number of halogens is 3. The molecule has 6 nitrogen and oxygen atoms in total. The molecular formula is C17H23F3N2O4S. The second-order valence-electron chi connectivity index (χ2n) is 7.25. The van der Waals surface area contributed by atoms with Crippen molar-refractivity contribution in [2.24, 2.45) is 0 Å². The average Bonchev–Trinajstić information content (AvgIpc) is 2.79. The molecule has 0 atom stereocenters. The van der Waals surface area contributed by atoms with Gasteiger partial charge >= 0.3 is 12.3 Å². The van der Waals surface area contributed by atoms with Crippen molar-refractivity contribution in [3.05, 3.63) is 29.8 Å². The van der Waals surface area contributed by atoms with Gasteiger partial charge in [-0.2, -0.15) is 17.5 Å². The molecule has 0 spiro atoms. The van der Waals surface area contributed by atoms with E-state index >= 15 is 0 Å². The molecule has 1 amide bonds. The van der Waals surface area contributed by atoms with E-state index in [0.717, 1.165) is 22.5 Å². The summed E-state index contributed by atoms with van der Waals surface area (Å²) in [4.78, 5) is 13.2. The van der Waals surface area contributed by atoms with Crippen molar-refractivity contribution in [2.45, 2.75) is 43.9 Å². The standard InChI is InChI=1S/C17H23F3N2O4S/c1-16(2,3)26-15(23)21-8-5-9-22(11-10-21)27(24,25)14-7-4-6-13(12-14)17(18,19)20/h4,6-7,12H,5,8-11H2,1-3H3. The minimum Gasteiger partial charge on any atom is -0.444 e. The molecule has 1 heterocycles. The van der Waals surface area contributed by atoms with Crippen LogP contribution in [0.1, 0.15) is 32.8 Å². The van der Waals surface area contributed by atoms with E-state index in [2.05, 4.69) is 0 Å². The molecule has 152 valence electrons. The molecule has 0 N–H and O–H groups in total. The van der Waals surface area contributed by atoms with Crippen LogP contribution in [-0.4, -0.2) is 55.5 Å². The van der Waals surface area contributed by atoms with Crippen LogP contribution in [0.2, 0.25) is 0 Å². The van der Waals surface area contributed by atoms with Crippen molar-refractivity contribution in [1.29, 1.82) is 0 Å². The highest BCUT2D eigenvalue weighted by molar-refractivity contribution is 7.89. The summed E-state index contributed by atoms with van der Waals surface area (Å²) in [5.74, 6) is 0. The molecule has 2 rings (SSSR count). The number of carbonyl (C=O) groups excluding carboxylic acids is 1. The number of sulfonamides is 1. The Morgan fingerprint density at radius 2 is 1.74 bits per heavy atom. The van der Waals surface area contributed by atoms with Crippen molar-refractivity contribution >= 4 is 16.1 Å². The van der Waals surface area contributed by atoms with Crippen LogP contribution in [0.25, 0.3) is 0 Å². The summed E-state index contributed by atoms with van der Waals surface area (Å²) in [7, 11) is -4.10. The minimum absolute atomic E-state index is 0.0160. The monoisotopic (exact) mass is 408 g/mol. The van der Waals surface area contributed by atoms with Gasteiger partial charge in [0.25, 0.3) is 0 Å². The normalized spacial score (nSPS) is 17.5. The van der Waals surface area contributed by atoms with Crippen LogP contribution < -0.4 is 0 Å². The predicted molar refractivity (Wildman–Crippen MR) is 92.6 cm³/mol. The van der Waals surface area contributed by atoms with E-state index in [0.29, 0.717) is 19.0 Å². The minimum atomic E-state index is -4.63. The van der Waals surface area contributed by atoms with E-state index in [-0.39, 0.29) is 19.6 Å². The molecule has 0 bridgehead atoms. The first-order valence-corrected chi connectivity index (χ1v) is 9.90. The molecule has 27 heavy (non-hydrogen) atoms. The topological polar surface area (TPSA) is 66.9 Å². The fraction of sp³-hybridized carbons (Fsp3) is 0.588. The first kappa shape index (κ1) is 21.5. The lowest BCUT2D eigenvalue weighted by molar-refractivity contribution is -0.137. The Morgan fingerprint density at radius 1 is 1.07 bits per heavy atom. The van der Waals surface area contributed by atoms with Crippen LogP contribution in [0.3, 0.4) is 0 Å². The second-order valence-corrected chi connectivity index (χ2v) is 9.19. The first-order chi connectivity index (χ1) is 12.3. The lowest BCUT2D eigenvalue weighted by Crippen LogP contribution is -2.40. The van der Waals surface area contributed by atoms with Gasteiger partial charge in [0.05, 0.1) is 10.5 Å². The van der Waals surface area contributed by atoms with Crippen molar-refractivity contribution < 1.29 is 31.1 Å². The smallest absolute Gasteiger partial charge is 0.416 e. The molecule has 1 aliphatic heterocycles. The number of nitrogens with zero attached hydrogens (tertiary/aromatic N) is 2. The summed E-state index contributed by atoms with van der Waals surface area (Å²) in [6.45, 7) is 5.69. The molecule has 0 aromatic heterocycles. The maximum absolute atomic E-state index is 12.9. The summed E-state index contributed by atoms with van der Waals surface area (Å²) in [5.41, 5.74) is -1.69. The number of hydrogen-bond donors (Lipinski definition) is 0. The molecule has 1 aromatic carbocycles. The Labute approximate surface area is 156 Å². The van der Waals surface area contributed by atoms with Crippen LogP contribution >= 0.6 is 0 Å². The Kier molecular flexibility index (Phi) is 6.10. The van der Waals surface area contributed by atoms with Crippen LogP contribution in [0.5, 0.6) is 0 Å². The predicted octanol–water partition coefficient (Wildman–Crippen LogP) is 3.34. The van der Waals surface area contributed by atoms with Crippen LogP contribution in [0, 0.1) is 0 Å². The molecule has 0 saturated carbocycles. The number of carbonyl (C=O) groups is 1. The summed E-state index contributed by atoms with van der Waals surface area (Å²) >= 11 is 0. The van der Waals surface area contributed by atoms with E-state index in [4.69, 9.17) is 4.74 Å². The van der Waals surface area contributed by atoms with Crippen molar-refractivity contribution in [3.8, 4) is 0 Å². The van der Waals surface area contributed by atoms with E-state index in [1.54, 1.807) is 20.8 Å². The third-order valence-electron chi connectivity index (χ3n) is 3.91. The van der Waals surface area contributed by atoms with Gasteiger partial charge in [-0.15, -0.1) is 0 Å². The summed E-state index contributed by atoms with van der Waals surface area (Å²) in [6, 6.07) is 3.67. The fourth-order valence-electron chi connectivity index (χ4n) is 2.63. The summed E-state index contributed by atoms with van der Waals surface area (Å²) in [6.07, 6.45) is -4.81. The molecular weight excluding hydrogens is 385 g/mol. The lowest BCUT2D eigenvalue weighted by atomic mass is 10.2. The molecule has 1 aliphatic rings. The molecule has 0 unspecified atom stereocenters. The highest BCUT2D eigenvalue weighted by Crippen LogP contribution is 2.31. The SMILES string of the molecule is CC(C)(C)OC(=O)N1CCCN(S(=O)(=O)c2cccc(C(F)(F)F)c2)CC1. The van der Waals surface area contributed by atoms with Gasteiger partial charge in [-0.05, 0) is 45.4 Å². The van der Waals surface area contributed by atoms with Gasteiger partial charge in [0.1, 0.15) is 5.60 Å². The zero-order valence-corrected chi connectivity index (χ0v) is 16.2. The number of hydrogen-bond acceptors (Lipinski definition) is 4. The first-order valence-electron chi connectivity index (χ1n) is 8.46. The van der Waals surface area contributed by atoms with Gasteiger partial charge in [-0.25, -0.2) is 13.2 Å². The van der Waals surface area contributed by atoms with Crippen molar-refractivity contribution in [1.82, 2.24) is 9.21 Å². The Hall–Kier alpha value is -1.81. The molecule has 0 aliphatic carbocycles. The van der Waals surface area contributed by atoms with E-state index in [1.807, 2.05) is 0 Å². The fourth-order valence-corrected chi connectivity index (χ4v) is 4.14. The van der Waals surface area contributed by atoms with Gasteiger partial charge in [0.2, 0.25) is 10.0 Å². The van der Waals surface area contributed by atoms with Gasteiger partial charge in [-0.1, -0.05) is 6.07 Å².